The Morgan fingerprint density at radius 2 is 2.03 bits per heavy atom. The molecule has 0 spiro atoms. The summed E-state index contributed by atoms with van der Waals surface area (Å²) >= 11 is 0. The lowest BCUT2D eigenvalue weighted by Gasteiger charge is -2.37. The summed E-state index contributed by atoms with van der Waals surface area (Å²) in [6.45, 7) is 0.0838. The molecule has 2 aliphatic rings. The molecule has 9 nitrogen and oxygen atoms in total. The number of hydrogen-bond donors (Lipinski definition) is 3. The van der Waals surface area contributed by atoms with Crippen molar-refractivity contribution in [1.82, 2.24) is 5.32 Å². The van der Waals surface area contributed by atoms with E-state index in [1.54, 1.807) is 25.3 Å². The van der Waals surface area contributed by atoms with Crippen LogP contribution in [-0.4, -0.2) is 57.7 Å². The zero-order valence-corrected chi connectivity index (χ0v) is 19.3. The zero-order valence-electron chi connectivity index (χ0n) is 18.5. The van der Waals surface area contributed by atoms with Crippen molar-refractivity contribution in [2.24, 2.45) is 0 Å². The van der Waals surface area contributed by atoms with Crippen molar-refractivity contribution in [3.05, 3.63) is 53.6 Å². The number of hydrogen-bond acceptors (Lipinski definition) is 7. The van der Waals surface area contributed by atoms with Gasteiger partial charge in [0.1, 0.15) is 23.7 Å². The van der Waals surface area contributed by atoms with Gasteiger partial charge in [-0.1, -0.05) is 18.2 Å². The van der Waals surface area contributed by atoms with E-state index in [4.69, 9.17) is 14.2 Å². The van der Waals surface area contributed by atoms with Crippen LogP contribution < -0.4 is 19.5 Å². The van der Waals surface area contributed by atoms with E-state index in [1.165, 1.54) is 0 Å². The smallest absolute Gasteiger partial charge is 0.229 e. The molecule has 2 aliphatic heterocycles. The number of aliphatic hydroxyl groups excluding tert-OH is 1. The van der Waals surface area contributed by atoms with Gasteiger partial charge in [0, 0.05) is 29.3 Å². The second-order valence-electron chi connectivity index (χ2n) is 8.32. The second-order valence-corrected chi connectivity index (χ2v) is 10.1. The van der Waals surface area contributed by atoms with Crippen molar-refractivity contribution in [3.8, 4) is 11.5 Å². The van der Waals surface area contributed by atoms with Crippen LogP contribution in [0.1, 0.15) is 29.9 Å². The highest BCUT2D eigenvalue weighted by molar-refractivity contribution is 7.92. The maximum atomic E-state index is 12.6. The molecular formula is C23H28N2O7S. The number of amides is 1. The molecule has 1 saturated heterocycles. The normalized spacial score (nSPS) is 23.7. The molecule has 0 radical (unpaired) electrons. The minimum absolute atomic E-state index is 0.126. The summed E-state index contributed by atoms with van der Waals surface area (Å²) in [7, 11) is -1.83. The van der Waals surface area contributed by atoms with Crippen molar-refractivity contribution in [2.45, 2.75) is 43.6 Å². The van der Waals surface area contributed by atoms with E-state index in [0.29, 0.717) is 30.2 Å². The third-order valence-electron chi connectivity index (χ3n) is 5.88. The predicted molar refractivity (Wildman–Crippen MR) is 122 cm³/mol. The number of benzene rings is 2. The molecule has 178 valence electrons. The average Bonchev–Trinajstić information content (AvgIpc) is 3.14. The van der Waals surface area contributed by atoms with Crippen molar-refractivity contribution in [1.29, 1.82) is 0 Å². The van der Waals surface area contributed by atoms with Crippen LogP contribution in [0.4, 0.5) is 5.69 Å². The standard InChI is InChI=1S/C23H28N2O7S/c1-30-19-6-4-3-5-14(19)12-24-22(27)11-16-10-18-17-9-15(25-33(2,28)29)7-8-20(17)32-23(18)21(13-26)31-16/h3-9,16,18,21,23,25-26H,10-13H2,1-2H3,(H,24,27)/t16-,18-,21+,23+/m1/s1. The maximum Gasteiger partial charge on any atom is 0.229 e. The van der Waals surface area contributed by atoms with Gasteiger partial charge in [-0.05, 0) is 30.7 Å². The fraction of sp³-hybridized carbons (Fsp3) is 0.435. The van der Waals surface area contributed by atoms with Gasteiger partial charge in [0.2, 0.25) is 15.9 Å². The number of para-hydroxylation sites is 1. The number of rotatable bonds is 8. The summed E-state index contributed by atoms with van der Waals surface area (Å²) in [6.07, 6.45) is 0.336. The number of carbonyl (C=O) groups excluding carboxylic acids is 1. The molecule has 1 amide bonds. The predicted octanol–water partition coefficient (Wildman–Crippen LogP) is 1.77. The Morgan fingerprint density at radius 1 is 1.24 bits per heavy atom. The lowest BCUT2D eigenvalue weighted by molar-refractivity contribution is -0.142. The Morgan fingerprint density at radius 3 is 2.76 bits per heavy atom. The van der Waals surface area contributed by atoms with Gasteiger partial charge in [-0.15, -0.1) is 0 Å². The van der Waals surface area contributed by atoms with Crippen LogP contribution in [0.2, 0.25) is 0 Å². The molecule has 2 heterocycles. The van der Waals surface area contributed by atoms with Gasteiger partial charge >= 0.3 is 0 Å². The maximum absolute atomic E-state index is 12.6. The summed E-state index contributed by atoms with van der Waals surface area (Å²) in [5.74, 6) is 1.03. The first-order valence-electron chi connectivity index (χ1n) is 10.7. The quantitative estimate of drug-likeness (QED) is 0.531. The van der Waals surface area contributed by atoms with E-state index >= 15 is 0 Å². The highest BCUT2D eigenvalue weighted by Gasteiger charge is 2.46. The van der Waals surface area contributed by atoms with Crippen molar-refractivity contribution in [2.75, 3.05) is 24.7 Å². The van der Waals surface area contributed by atoms with Gasteiger partial charge in [-0.25, -0.2) is 8.42 Å². The number of aliphatic hydroxyl groups is 1. The van der Waals surface area contributed by atoms with Crippen LogP contribution in [0.15, 0.2) is 42.5 Å². The van der Waals surface area contributed by atoms with Crippen molar-refractivity contribution in [3.63, 3.8) is 0 Å². The number of carbonyl (C=O) groups is 1. The molecule has 4 rings (SSSR count). The number of fused-ring (bicyclic) bond motifs is 3. The zero-order chi connectivity index (χ0) is 23.6. The van der Waals surface area contributed by atoms with E-state index in [-0.39, 0.29) is 24.9 Å². The van der Waals surface area contributed by atoms with Crippen LogP contribution in [0, 0.1) is 0 Å². The first kappa shape index (κ1) is 23.3. The van der Waals surface area contributed by atoms with E-state index in [1.807, 2.05) is 24.3 Å². The van der Waals surface area contributed by atoms with E-state index in [2.05, 4.69) is 10.0 Å². The number of methoxy groups -OCH3 is 1. The minimum atomic E-state index is -3.42. The minimum Gasteiger partial charge on any atom is -0.496 e. The molecule has 0 bridgehead atoms. The number of anilines is 1. The summed E-state index contributed by atoms with van der Waals surface area (Å²) in [4.78, 5) is 12.6. The third-order valence-corrected chi connectivity index (χ3v) is 6.49. The molecule has 0 unspecified atom stereocenters. The molecule has 0 aliphatic carbocycles. The van der Waals surface area contributed by atoms with Gasteiger partial charge in [-0.3, -0.25) is 9.52 Å². The first-order chi connectivity index (χ1) is 15.8. The van der Waals surface area contributed by atoms with Crippen LogP contribution in [0.25, 0.3) is 0 Å². The Kier molecular flexibility index (Phi) is 6.78. The monoisotopic (exact) mass is 476 g/mol. The van der Waals surface area contributed by atoms with Gasteiger partial charge < -0.3 is 24.6 Å². The Bertz CT molecular complexity index is 1120. The van der Waals surface area contributed by atoms with E-state index < -0.39 is 28.3 Å². The fourth-order valence-electron chi connectivity index (χ4n) is 4.49. The average molecular weight is 477 g/mol. The highest BCUT2D eigenvalue weighted by atomic mass is 32.2. The molecular weight excluding hydrogens is 448 g/mol. The Labute approximate surface area is 193 Å². The van der Waals surface area contributed by atoms with Gasteiger partial charge in [0.05, 0.1) is 32.5 Å². The summed E-state index contributed by atoms with van der Waals surface area (Å²) < 4.78 is 43.0. The Balaban J connectivity index is 1.44. The van der Waals surface area contributed by atoms with Crippen molar-refractivity contribution >= 4 is 21.6 Å². The number of ether oxygens (including phenoxy) is 3. The molecule has 33 heavy (non-hydrogen) atoms. The van der Waals surface area contributed by atoms with Crippen molar-refractivity contribution < 1.29 is 32.5 Å². The molecule has 4 atom stereocenters. The lowest BCUT2D eigenvalue weighted by Crippen LogP contribution is -2.47. The highest BCUT2D eigenvalue weighted by Crippen LogP contribution is 2.47. The van der Waals surface area contributed by atoms with Crippen LogP contribution in [0.5, 0.6) is 11.5 Å². The van der Waals surface area contributed by atoms with E-state index in [0.717, 1.165) is 17.4 Å². The summed E-state index contributed by atoms with van der Waals surface area (Å²) in [6, 6.07) is 12.6. The lowest BCUT2D eigenvalue weighted by atomic mass is 9.84. The SMILES string of the molecule is COc1ccccc1CNC(=O)C[C@H]1C[C@@H]2c3cc(NS(C)(=O)=O)ccc3O[C@@H]2[C@H](CO)O1. The molecule has 2 aromatic rings. The molecule has 2 aromatic carbocycles. The topological polar surface area (TPSA) is 123 Å². The molecule has 0 aromatic heterocycles. The first-order valence-corrected chi connectivity index (χ1v) is 12.6. The van der Waals surface area contributed by atoms with Gasteiger partial charge in [0.25, 0.3) is 0 Å². The fourth-order valence-corrected chi connectivity index (χ4v) is 5.04. The molecule has 0 saturated carbocycles. The van der Waals surface area contributed by atoms with E-state index in [9.17, 15) is 18.3 Å². The van der Waals surface area contributed by atoms with Gasteiger partial charge in [0.15, 0.2) is 0 Å². The largest absolute Gasteiger partial charge is 0.496 e. The number of nitrogens with one attached hydrogen (secondary N) is 2. The van der Waals surface area contributed by atoms with Gasteiger partial charge in [-0.2, -0.15) is 0 Å². The van der Waals surface area contributed by atoms with Crippen LogP contribution in [-0.2, 0) is 26.1 Å². The molecule has 1 fully saturated rings. The second kappa shape index (κ2) is 9.58. The molecule has 10 heteroatoms. The summed E-state index contributed by atoms with van der Waals surface area (Å²) in [5.41, 5.74) is 2.16. The third kappa shape index (κ3) is 5.40. The van der Waals surface area contributed by atoms with Crippen LogP contribution >= 0.6 is 0 Å². The summed E-state index contributed by atoms with van der Waals surface area (Å²) in [5, 5.41) is 12.8. The van der Waals surface area contributed by atoms with Crippen LogP contribution in [0.3, 0.4) is 0 Å². The molecule has 3 N–H and O–H groups in total. The Hall–Kier alpha value is -2.82. The number of sulfonamides is 1.